The van der Waals surface area contributed by atoms with Crippen molar-refractivity contribution in [3.63, 3.8) is 0 Å². The van der Waals surface area contributed by atoms with Gasteiger partial charge in [0.2, 0.25) is 5.91 Å². The summed E-state index contributed by atoms with van der Waals surface area (Å²) in [7, 11) is 0. The fourth-order valence-corrected chi connectivity index (χ4v) is 2.92. The second-order valence-corrected chi connectivity index (χ2v) is 5.57. The maximum atomic E-state index is 12.3. The number of nitriles is 2. The monoisotopic (exact) mass is 292 g/mol. The molecule has 2 N–H and O–H groups in total. The minimum Gasteiger partial charge on any atom is -0.394 e. The molecule has 0 unspecified atom stereocenters. The van der Waals surface area contributed by atoms with E-state index in [-0.39, 0.29) is 19.1 Å². The molecule has 2 rings (SSSR count). The van der Waals surface area contributed by atoms with Gasteiger partial charge < -0.3 is 20.1 Å². The lowest BCUT2D eigenvalue weighted by Crippen LogP contribution is -2.56. The molecule has 0 aromatic carbocycles. The Kier molecular flexibility index (Phi) is 5.13. The zero-order valence-corrected chi connectivity index (χ0v) is 11.9. The van der Waals surface area contributed by atoms with Crippen LogP contribution >= 0.6 is 0 Å². The Balaban J connectivity index is 1.97. The Labute approximate surface area is 124 Å². The summed E-state index contributed by atoms with van der Waals surface area (Å²) < 4.78 is 5.27. The molecule has 0 aromatic rings. The summed E-state index contributed by atoms with van der Waals surface area (Å²) in [5.74, 6) is -0.259. The van der Waals surface area contributed by atoms with Crippen molar-refractivity contribution in [1.29, 1.82) is 10.5 Å². The summed E-state index contributed by atoms with van der Waals surface area (Å²) in [5, 5.41) is 30.8. The lowest BCUT2D eigenvalue weighted by molar-refractivity contribution is -0.132. The van der Waals surface area contributed by atoms with Crippen LogP contribution in [-0.4, -0.2) is 59.9 Å². The Bertz CT molecular complexity index is 440. The number of aliphatic hydroxyl groups is 1. The van der Waals surface area contributed by atoms with Crippen molar-refractivity contribution in [3.8, 4) is 12.1 Å². The van der Waals surface area contributed by atoms with Crippen LogP contribution in [0.2, 0.25) is 0 Å². The number of rotatable bonds is 4. The predicted molar refractivity (Wildman–Crippen MR) is 72.8 cm³/mol. The number of hydrogen-bond acceptors (Lipinski definition) is 6. The summed E-state index contributed by atoms with van der Waals surface area (Å²) in [6.07, 6.45) is 2.36. The van der Waals surface area contributed by atoms with Gasteiger partial charge >= 0.3 is 0 Å². The summed E-state index contributed by atoms with van der Waals surface area (Å²) in [6.45, 7) is 1.06. The third-order valence-electron chi connectivity index (χ3n) is 4.34. The molecule has 7 heteroatoms. The van der Waals surface area contributed by atoms with Crippen LogP contribution < -0.4 is 5.32 Å². The van der Waals surface area contributed by atoms with Crippen LogP contribution in [0, 0.1) is 22.7 Å². The van der Waals surface area contributed by atoms with Crippen LogP contribution in [-0.2, 0) is 9.53 Å². The van der Waals surface area contributed by atoms with Crippen molar-refractivity contribution < 1.29 is 14.6 Å². The lowest BCUT2D eigenvalue weighted by atomic mass is 9.91. The van der Waals surface area contributed by atoms with Gasteiger partial charge in [-0.2, -0.15) is 10.5 Å². The van der Waals surface area contributed by atoms with E-state index >= 15 is 0 Å². The molecule has 114 valence electrons. The number of carbonyl (C=O) groups excluding carboxylic acids is 1. The minimum atomic E-state index is -0.524. The number of hydrogen-bond donors (Lipinski definition) is 2. The first-order chi connectivity index (χ1) is 10.2. The highest BCUT2D eigenvalue weighted by Crippen LogP contribution is 2.24. The Morgan fingerprint density at radius 3 is 2.33 bits per heavy atom. The molecule has 2 saturated heterocycles. The topological polar surface area (TPSA) is 109 Å². The van der Waals surface area contributed by atoms with Crippen LogP contribution in [0.15, 0.2) is 0 Å². The van der Waals surface area contributed by atoms with Gasteiger partial charge in [0, 0.05) is 18.8 Å². The molecule has 0 saturated carbocycles. The Morgan fingerprint density at radius 1 is 1.29 bits per heavy atom. The van der Waals surface area contributed by atoms with Crippen LogP contribution in [0.5, 0.6) is 0 Å². The van der Waals surface area contributed by atoms with Crippen molar-refractivity contribution >= 4 is 5.91 Å². The first-order valence-electron chi connectivity index (χ1n) is 7.20. The quantitative estimate of drug-likeness (QED) is 0.724. The van der Waals surface area contributed by atoms with Crippen LogP contribution in [0.25, 0.3) is 0 Å². The summed E-state index contributed by atoms with van der Waals surface area (Å²) in [6, 6.07) is 3.11. The molecule has 2 aliphatic heterocycles. The third kappa shape index (κ3) is 3.33. The van der Waals surface area contributed by atoms with Gasteiger partial charge in [-0.15, -0.1) is 0 Å². The molecule has 2 heterocycles. The molecule has 1 amide bonds. The molecule has 0 aromatic heterocycles. The standard InChI is InChI=1S/C14H20N4O3/c15-7-11-1-2-12(8-16)18(11)13(20)9-17-14(10-19)3-5-21-6-4-14/h11-12,17,19H,1-6,9-10H2/t11-,12+. The van der Waals surface area contributed by atoms with E-state index in [0.717, 1.165) is 0 Å². The SMILES string of the molecule is N#C[C@@H]1CC[C@H](C#N)N1C(=O)CNC1(CO)CCOCC1. The summed E-state index contributed by atoms with van der Waals surface area (Å²) >= 11 is 0. The van der Waals surface area contributed by atoms with Gasteiger partial charge in [-0.05, 0) is 25.7 Å². The first-order valence-corrected chi connectivity index (χ1v) is 7.20. The average molecular weight is 292 g/mol. The van der Waals surface area contributed by atoms with E-state index in [2.05, 4.69) is 17.5 Å². The van der Waals surface area contributed by atoms with E-state index in [1.807, 2.05) is 0 Å². The maximum Gasteiger partial charge on any atom is 0.238 e. The number of carbonyl (C=O) groups is 1. The van der Waals surface area contributed by atoms with Gasteiger partial charge in [-0.1, -0.05) is 0 Å². The van der Waals surface area contributed by atoms with E-state index in [4.69, 9.17) is 15.3 Å². The molecule has 21 heavy (non-hydrogen) atoms. The van der Waals surface area contributed by atoms with E-state index in [1.165, 1.54) is 4.90 Å². The highest BCUT2D eigenvalue weighted by atomic mass is 16.5. The number of nitrogens with one attached hydrogen (secondary N) is 1. The van der Waals surface area contributed by atoms with Crippen molar-refractivity contribution in [1.82, 2.24) is 10.2 Å². The Hall–Kier alpha value is -1.67. The molecule has 7 nitrogen and oxygen atoms in total. The van der Waals surface area contributed by atoms with Gasteiger partial charge in [-0.25, -0.2) is 0 Å². The van der Waals surface area contributed by atoms with Crippen molar-refractivity contribution in [2.75, 3.05) is 26.4 Å². The number of ether oxygens (including phenoxy) is 1. The summed E-state index contributed by atoms with van der Waals surface area (Å²) in [4.78, 5) is 13.7. The molecule has 2 fully saturated rings. The molecular formula is C14H20N4O3. The molecule has 2 atom stereocenters. The van der Waals surface area contributed by atoms with E-state index in [0.29, 0.717) is 38.9 Å². The smallest absolute Gasteiger partial charge is 0.238 e. The third-order valence-corrected chi connectivity index (χ3v) is 4.34. The van der Waals surface area contributed by atoms with Gasteiger partial charge in [0.15, 0.2) is 0 Å². The largest absolute Gasteiger partial charge is 0.394 e. The van der Waals surface area contributed by atoms with Gasteiger partial charge in [0.25, 0.3) is 0 Å². The van der Waals surface area contributed by atoms with E-state index in [9.17, 15) is 9.90 Å². The van der Waals surface area contributed by atoms with Crippen LogP contribution in [0.1, 0.15) is 25.7 Å². The second-order valence-electron chi connectivity index (χ2n) is 5.57. The molecule has 0 radical (unpaired) electrons. The van der Waals surface area contributed by atoms with Gasteiger partial charge in [-0.3, -0.25) is 4.79 Å². The Morgan fingerprint density at radius 2 is 1.86 bits per heavy atom. The average Bonchev–Trinajstić information content (AvgIpc) is 2.96. The van der Waals surface area contributed by atoms with Gasteiger partial charge in [0.05, 0.1) is 25.3 Å². The minimum absolute atomic E-state index is 0.0247. The van der Waals surface area contributed by atoms with Crippen molar-refractivity contribution in [2.45, 2.75) is 43.3 Å². The molecule has 2 aliphatic rings. The lowest BCUT2D eigenvalue weighted by Gasteiger charge is -2.37. The predicted octanol–water partition coefficient (Wildman–Crippen LogP) is -0.476. The van der Waals surface area contributed by atoms with E-state index in [1.54, 1.807) is 0 Å². The van der Waals surface area contributed by atoms with Crippen molar-refractivity contribution in [2.24, 2.45) is 0 Å². The van der Waals surface area contributed by atoms with Gasteiger partial charge in [0.1, 0.15) is 12.1 Å². The number of nitrogens with zero attached hydrogens (tertiary/aromatic N) is 3. The number of amides is 1. The van der Waals surface area contributed by atoms with Crippen LogP contribution in [0.3, 0.4) is 0 Å². The number of likely N-dealkylation sites (tertiary alicyclic amines) is 1. The maximum absolute atomic E-state index is 12.3. The normalized spacial score (nSPS) is 27.9. The zero-order valence-electron chi connectivity index (χ0n) is 11.9. The van der Waals surface area contributed by atoms with Crippen LogP contribution in [0.4, 0.5) is 0 Å². The highest BCUT2D eigenvalue weighted by Gasteiger charge is 2.38. The fraction of sp³-hybridized carbons (Fsp3) is 0.786. The molecule has 0 bridgehead atoms. The summed E-state index contributed by atoms with van der Waals surface area (Å²) in [5.41, 5.74) is -0.502. The molecule has 0 spiro atoms. The molecule has 0 aliphatic carbocycles. The highest BCUT2D eigenvalue weighted by molar-refractivity contribution is 5.80. The zero-order chi connectivity index (χ0) is 15.3. The fourth-order valence-electron chi connectivity index (χ4n) is 2.92. The second kappa shape index (κ2) is 6.86. The molecular weight excluding hydrogens is 272 g/mol. The first kappa shape index (κ1) is 15.7. The van der Waals surface area contributed by atoms with Crippen molar-refractivity contribution in [3.05, 3.63) is 0 Å². The van der Waals surface area contributed by atoms with E-state index < -0.39 is 17.6 Å². The number of aliphatic hydroxyl groups excluding tert-OH is 1.